The second-order valence-electron chi connectivity index (χ2n) is 14.3. The number of halogens is 2. The minimum atomic E-state index is -4.95. The summed E-state index contributed by atoms with van der Waals surface area (Å²) in [6, 6.07) is 18.6. The maximum Gasteiger partial charge on any atom is 0.295 e. The molecule has 8 N–H and O–H groups in total. The Balaban J connectivity index is 1.18. The molecule has 2 amide bonds. The number of amides is 2. The number of ether oxygens (including phenoxy) is 2. The van der Waals surface area contributed by atoms with Crippen molar-refractivity contribution >= 4 is 135 Å². The van der Waals surface area contributed by atoms with E-state index in [-0.39, 0.29) is 79.5 Å². The van der Waals surface area contributed by atoms with Crippen LogP contribution in [0, 0.1) is 6.92 Å². The van der Waals surface area contributed by atoms with Crippen molar-refractivity contribution in [3.8, 4) is 11.5 Å². The van der Waals surface area contributed by atoms with Crippen LogP contribution in [0.3, 0.4) is 0 Å². The van der Waals surface area contributed by atoms with E-state index < -0.39 is 35.9 Å². The highest BCUT2D eigenvalue weighted by Gasteiger charge is 2.22. The summed E-state index contributed by atoms with van der Waals surface area (Å²) >= 11 is 12.7. The van der Waals surface area contributed by atoms with Gasteiger partial charge >= 0.3 is 0 Å². The van der Waals surface area contributed by atoms with Crippen molar-refractivity contribution in [2.75, 3.05) is 46.1 Å². The normalized spacial score (nSPS) is 11.6. The first kappa shape index (κ1) is 49.0. The average molecular weight is 1020 g/mol. The lowest BCUT2D eigenvalue weighted by molar-refractivity contribution is -0.115. The number of hydrogen-bond donors (Lipinski definition) is 8. The Morgan fingerprint density at radius 2 is 1.14 bits per heavy atom. The zero-order valence-electron chi connectivity index (χ0n) is 36.3. The Labute approximate surface area is 401 Å². The van der Waals surface area contributed by atoms with Gasteiger partial charge in [0.1, 0.15) is 27.0 Å². The van der Waals surface area contributed by atoms with Crippen LogP contribution < -0.4 is 41.4 Å². The molecule has 0 atom stereocenters. The summed E-state index contributed by atoms with van der Waals surface area (Å²) in [5.41, 5.74) is 2.49. The number of carbonyl (C=O) groups excluding carboxylic acids is 2. The van der Waals surface area contributed by atoms with Gasteiger partial charge in [0.15, 0.2) is 0 Å². The fourth-order valence-corrected chi connectivity index (χ4v) is 8.29. The highest BCUT2D eigenvalue weighted by molar-refractivity contribution is 7.86. The predicted octanol–water partition coefficient (Wildman–Crippen LogP) is 8.64. The molecular weight excluding hydrogens is 984 g/mol. The average Bonchev–Trinajstić information content (AvgIpc) is 3.25. The molecule has 0 radical (unpaired) electrons. The summed E-state index contributed by atoms with van der Waals surface area (Å²) in [7, 11) is -7.00. The number of hydrogen-bond acceptors (Lipinski definition) is 20. The van der Waals surface area contributed by atoms with E-state index in [4.69, 9.17) is 32.7 Å². The molecule has 24 nitrogen and oxygen atoms in total. The number of carbonyl (C=O) groups is 2. The molecule has 0 aliphatic heterocycles. The summed E-state index contributed by atoms with van der Waals surface area (Å²) in [6.07, 6.45) is 0. The monoisotopic (exact) mass is 1020 g/mol. The Hall–Kier alpha value is -7.88. The second-order valence-corrected chi connectivity index (χ2v) is 17.7. The zero-order valence-corrected chi connectivity index (χ0v) is 39.5. The van der Waals surface area contributed by atoms with Gasteiger partial charge in [-0.05, 0) is 84.2 Å². The van der Waals surface area contributed by atoms with Crippen LogP contribution in [0.15, 0.2) is 98.9 Å². The third-order valence-electron chi connectivity index (χ3n) is 9.35. The largest absolute Gasteiger partial charge is 0.495 e. The van der Waals surface area contributed by atoms with Gasteiger partial charge in [0.25, 0.3) is 20.2 Å². The van der Waals surface area contributed by atoms with E-state index in [1.807, 2.05) is 13.0 Å². The molecule has 0 saturated heterocycles. The van der Waals surface area contributed by atoms with Crippen LogP contribution >= 0.6 is 23.2 Å². The lowest BCUT2D eigenvalue weighted by Gasteiger charge is -2.17. The lowest BCUT2D eigenvalue weighted by Crippen LogP contribution is -2.09. The van der Waals surface area contributed by atoms with Crippen LogP contribution in [0.1, 0.15) is 19.4 Å². The van der Waals surface area contributed by atoms with Crippen molar-refractivity contribution in [1.29, 1.82) is 0 Å². The predicted molar refractivity (Wildman–Crippen MR) is 256 cm³/mol. The van der Waals surface area contributed by atoms with Crippen molar-refractivity contribution in [3.63, 3.8) is 0 Å². The number of aromatic nitrogens is 6. The fourth-order valence-electron chi connectivity index (χ4n) is 6.55. The molecular formula is C41H36Cl2N14O10S2. The second kappa shape index (κ2) is 20.1. The highest BCUT2D eigenvalue weighted by atomic mass is 35.5. The van der Waals surface area contributed by atoms with Crippen molar-refractivity contribution in [2.24, 2.45) is 10.2 Å². The van der Waals surface area contributed by atoms with Gasteiger partial charge in [-0.25, -0.2) is 0 Å². The molecule has 2 aromatic heterocycles. The van der Waals surface area contributed by atoms with Gasteiger partial charge in [-0.15, -0.1) is 5.11 Å². The summed E-state index contributed by atoms with van der Waals surface area (Å²) in [5.74, 6) is -0.311. The van der Waals surface area contributed by atoms with Crippen LogP contribution in [0.5, 0.6) is 11.5 Å². The molecule has 0 fully saturated rings. The van der Waals surface area contributed by atoms with Gasteiger partial charge in [-0.3, -0.25) is 18.7 Å². The molecule has 0 saturated carbocycles. The molecule has 7 aromatic rings. The number of nitrogens with zero attached hydrogens (tertiary/aromatic N) is 8. The van der Waals surface area contributed by atoms with Crippen molar-refractivity contribution in [3.05, 3.63) is 95.0 Å². The summed E-state index contributed by atoms with van der Waals surface area (Å²) in [6.45, 7) is 4.43. The molecule has 5 aromatic carbocycles. The number of methoxy groups -OCH3 is 2. The summed E-state index contributed by atoms with van der Waals surface area (Å²) in [4.78, 5) is 48.5. The van der Waals surface area contributed by atoms with Crippen LogP contribution in [-0.2, 0) is 29.8 Å². The smallest absolute Gasteiger partial charge is 0.295 e. The van der Waals surface area contributed by atoms with Gasteiger partial charge in [0, 0.05) is 36.4 Å². The van der Waals surface area contributed by atoms with E-state index in [0.717, 1.165) is 18.2 Å². The lowest BCUT2D eigenvalue weighted by atomic mass is 10.1. The fraction of sp³-hybridized carbons (Fsp3) is 0.122. The number of anilines is 10. The van der Waals surface area contributed by atoms with Crippen molar-refractivity contribution in [1.82, 2.24) is 29.9 Å². The number of fused-ring (bicyclic) bond motifs is 1. The first-order valence-electron chi connectivity index (χ1n) is 19.6. The topological polar surface area (TPSA) is 336 Å². The molecule has 0 aliphatic carbocycles. The van der Waals surface area contributed by atoms with E-state index in [1.165, 1.54) is 52.3 Å². The Bertz CT molecular complexity index is 3460. The first-order chi connectivity index (χ1) is 32.7. The van der Waals surface area contributed by atoms with E-state index in [9.17, 15) is 35.5 Å². The molecule has 0 aliphatic rings. The van der Waals surface area contributed by atoms with Crippen LogP contribution in [-0.4, -0.2) is 81.9 Å². The Kier molecular flexibility index (Phi) is 14.3. The van der Waals surface area contributed by atoms with E-state index in [2.05, 4.69) is 72.0 Å². The maximum absolute atomic E-state index is 12.4. The van der Waals surface area contributed by atoms with Gasteiger partial charge in [0.2, 0.25) is 46.2 Å². The van der Waals surface area contributed by atoms with Crippen LogP contribution in [0.25, 0.3) is 10.8 Å². The SMILES string of the molecule is COc1ccc(NC(C)=O)cc1Nc1nc(Cl)nc(Nc2cccc(C)c2Nc2nc(Cl)nc(Nc3cc(NC(C)=O)c(N=Nc4cc(S(=O)(=O)O)c5cccc(S(=O)(=O)O)c5c4)cc3OC)n2)n1. The van der Waals surface area contributed by atoms with E-state index >= 15 is 0 Å². The number of benzene rings is 5. The first-order valence-corrected chi connectivity index (χ1v) is 23.2. The van der Waals surface area contributed by atoms with Crippen molar-refractivity contribution < 1.29 is 45.0 Å². The standard InChI is InChI=1S/C41H36Cl2N14O10S2/c1-19-8-6-10-26(46-38-50-36(42)51-39(54-38)47-29-15-22(44-20(2)58)12-13-31(29)66-4)35(19)49-41-53-37(43)52-40(55-41)48-30-17-27(45-21(3)59)28(18-32(30)67-5)57-56-23-14-25-24(34(16-23)69(63,64)65)9-7-11-33(25)68(60,61)62/h6-18H,1-5H3,(H,44,58)(H,45,59)(H,60,61,62)(H,63,64,65)(H2,46,47,50,51,54)(H2,48,49,52,53,55). The number of aryl methyl sites for hydroxylation is 1. The number of rotatable bonds is 16. The molecule has 28 heteroatoms. The summed E-state index contributed by atoms with van der Waals surface area (Å²) in [5, 5.41) is 25.0. The molecule has 2 heterocycles. The Morgan fingerprint density at radius 1 is 0.580 bits per heavy atom. The van der Waals surface area contributed by atoms with Gasteiger partial charge < -0.3 is 41.4 Å². The zero-order chi connectivity index (χ0) is 49.8. The number of para-hydroxylation sites is 1. The van der Waals surface area contributed by atoms with Crippen molar-refractivity contribution in [2.45, 2.75) is 30.6 Å². The molecule has 0 spiro atoms. The van der Waals surface area contributed by atoms with Crippen LogP contribution in [0.4, 0.5) is 69.3 Å². The third-order valence-corrected chi connectivity index (χ3v) is 11.5. The highest BCUT2D eigenvalue weighted by Crippen LogP contribution is 2.40. The molecule has 7 rings (SSSR count). The quantitative estimate of drug-likeness (QED) is 0.0331. The van der Waals surface area contributed by atoms with Gasteiger partial charge in [-0.2, -0.15) is 51.9 Å². The molecule has 0 bridgehead atoms. The third kappa shape index (κ3) is 12.0. The minimum absolute atomic E-state index is 0.0275. The number of azo groups is 1. The van der Waals surface area contributed by atoms with E-state index in [0.29, 0.717) is 34.1 Å². The van der Waals surface area contributed by atoms with Crippen LogP contribution in [0.2, 0.25) is 10.6 Å². The summed E-state index contributed by atoms with van der Waals surface area (Å²) < 4.78 is 80.0. The molecule has 69 heavy (non-hydrogen) atoms. The van der Waals surface area contributed by atoms with Gasteiger partial charge in [0.05, 0.1) is 48.3 Å². The molecule has 0 unspecified atom stereocenters. The minimum Gasteiger partial charge on any atom is -0.495 e. The maximum atomic E-state index is 12.4. The van der Waals surface area contributed by atoms with Gasteiger partial charge in [-0.1, -0.05) is 24.3 Å². The number of nitrogens with one attached hydrogen (secondary N) is 6. The Morgan fingerprint density at radius 3 is 1.72 bits per heavy atom. The van der Waals surface area contributed by atoms with E-state index in [1.54, 1.807) is 30.3 Å². The molecule has 356 valence electrons.